The van der Waals surface area contributed by atoms with Crippen LogP contribution >= 0.6 is 0 Å². The first-order chi connectivity index (χ1) is 19.2. The third-order valence-corrected chi connectivity index (χ3v) is 7.96. The van der Waals surface area contributed by atoms with Crippen LogP contribution in [0.1, 0.15) is 73.9 Å². The van der Waals surface area contributed by atoms with Crippen LogP contribution in [0.25, 0.3) is 0 Å². The number of carboxylic acids is 3. The van der Waals surface area contributed by atoms with Gasteiger partial charge in [-0.15, -0.1) is 0 Å². The minimum atomic E-state index is -1.64. The summed E-state index contributed by atoms with van der Waals surface area (Å²) < 4.78 is 1.90. The molecule has 0 bridgehead atoms. The van der Waals surface area contributed by atoms with E-state index in [0.717, 1.165) is 33.9 Å². The van der Waals surface area contributed by atoms with E-state index in [1.807, 2.05) is 55.4 Å². The van der Waals surface area contributed by atoms with Crippen LogP contribution in [-0.4, -0.2) is 66.8 Å². The smallest absolute Gasteiger partial charge is 0.335 e. The number of aliphatic hydroxyl groups is 2. The van der Waals surface area contributed by atoms with E-state index in [9.17, 15) is 39.9 Å². The first-order valence-corrected chi connectivity index (χ1v) is 13.3. The number of allylic oxidation sites excluding steroid dienone is 4. The molecular weight excluding hydrogens is 528 g/mol. The van der Waals surface area contributed by atoms with E-state index in [2.05, 4.69) is 0 Å². The number of benzene rings is 2. The maximum atomic E-state index is 11.7. The molecular formula is C31H35N2O8+. The minimum absolute atomic E-state index is 0.102. The van der Waals surface area contributed by atoms with Crippen LogP contribution in [0.5, 0.6) is 0 Å². The van der Waals surface area contributed by atoms with Crippen LogP contribution < -0.4 is 4.90 Å². The Labute approximate surface area is 237 Å². The van der Waals surface area contributed by atoms with Gasteiger partial charge in [0.2, 0.25) is 5.69 Å². The van der Waals surface area contributed by atoms with E-state index >= 15 is 0 Å². The highest BCUT2D eigenvalue weighted by atomic mass is 16.5. The zero-order valence-corrected chi connectivity index (χ0v) is 23.5. The molecule has 0 amide bonds. The summed E-state index contributed by atoms with van der Waals surface area (Å²) in [5.74, 6) is -2.93. The lowest BCUT2D eigenvalue weighted by Crippen LogP contribution is -2.29. The Bertz CT molecular complexity index is 1510. The topological polar surface area (TPSA) is 159 Å². The fourth-order valence-electron chi connectivity index (χ4n) is 5.79. The fraction of sp³-hybridized carbons (Fsp3) is 0.355. The van der Waals surface area contributed by atoms with Crippen molar-refractivity contribution in [3.63, 3.8) is 0 Å². The standard InChI is InChI=1S/C31H34N2O8/c1-30(2)20-16-18(28(38)39)8-10-22(20)32(14-12-26(34)35)24(30)6-5-7-25-31(3,4)21-17-19(29(40)41)9-11-23(21)33(25)15-13-27(36)37/h5-11,16-17,28,38-39H,12-15H2,1-4H3,(H2-,34,35,36,37,40,41)/p+1. The highest BCUT2D eigenvalue weighted by Gasteiger charge is 2.45. The molecule has 2 aliphatic heterocycles. The van der Waals surface area contributed by atoms with Gasteiger partial charge in [0, 0.05) is 46.6 Å². The maximum Gasteiger partial charge on any atom is 0.335 e. The summed E-state index contributed by atoms with van der Waals surface area (Å²) in [6.07, 6.45) is 3.76. The van der Waals surface area contributed by atoms with Crippen molar-refractivity contribution in [2.75, 3.05) is 18.0 Å². The number of hydrogen-bond donors (Lipinski definition) is 5. The average molecular weight is 564 g/mol. The van der Waals surface area contributed by atoms with Crippen molar-refractivity contribution in [3.8, 4) is 0 Å². The Kier molecular flexibility index (Phi) is 7.93. The van der Waals surface area contributed by atoms with Gasteiger partial charge in [-0.25, -0.2) is 4.79 Å². The van der Waals surface area contributed by atoms with Gasteiger partial charge < -0.3 is 30.4 Å². The molecule has 216 valence electrons. The molecule has 0 radical (unpaired) electrons. The number of anilines is 1. The number of nitrogens with zero attached hydrogens (tertiary/aromatic N) is 2. The van der Waals surface area contributed by atoms with Crippen molar-refractivity contribution in [2.24, 2.45) is 0 Å². The highest BCUT2D eigenvalue weighted by Crippen LogP contribution is 2.48. The molecule has 0 aliphatic carbocycles. The lowest BCUT2D eigenvalue weighted by Gasteiger charge is -2.26. The average Bonchev–Trinajstić information content (AvgIpc) is 3.24. The zero-order valence-electron chi connectivity index (χ0n) is 23.5. The monoisotopic (exact) mass is 563 g/mol. The van der Waals surface area contributed by atoms with Crippen LogP contribution in [-0.2, 0) is 20.4 Å². The number of aliphatic carboxylic acids is 2. The van der Waals surface area contributed by atoms with E-state index in [4.69, 9.17) is 0 Å². The Morgan fingerprint density at radius 1 is 0.902 bits per heavy atom. The Morgan fingerprint density at radius 2 is 1.59 bits per heavy atom. The molecule has 0 unspecified atom stereocenters. The molecule has 2 aromatic rings. The second-order valence-corrected chi connectivity index (χ2v) is 11.3. The molecule has 2 aliphatic rings. The molecule has 2 heterocycles. The van der Waals surface area contributed by atoms with Crippen LogP contribution in [0.4, 0.5) is 11.4 Å². The van der Waals surface area contributed by atoms with Gasteiger partial charge in [-0.3, -0.25) is 9.59 Å². The molecule has 0 atom stereocenters. The van der Waals surface area contributed by atoms with Crippen molar-refractivity contribution in [1.29, 1.82) is 0 Å². The molecule has 0 fully saturated rings. The first-order valence-electron chi connectivity index (χ1n) is 13.3. The number of rotatable bonds is 10. The Morgan fingerprint density at radius 3 is 2.20 bits per heavy atom. The number of carbonyl (C=O) groups is 3. The van der Waals surface area contributed by atoms with E-state index < -0.39 is 35.0 Å². The van der Waals surface area contributed by atoms with E-state index in [1.54, 1.807) is 30.3 Å². The van der Waals surface area contributed by atoms with Gasteiger partial charge >= 0.3 is 17.9 Å². The van der Waals surface area contributed by atoms with Crippen molar-refractivity contribution >= 4 is 35.0 Å². The fourth-order valence-corrected chi connectivity index (χ4v) is 5.79. The van der Waals surface area contributed by atoms with Gasteiger partial charge in [0.05, 0.1) is 17.4 Å². The SMILES string of the molecule is CC1(C)C(=CC=CC2=[N+](CCC(=O)O)c3ccc(C(=O)O)cc3C2(C)C)N(CCC(=O)O)c2ccc(C(O)O)cc21. The van der Waals surface area contributed by atoms with E-state index in [1.165, 1.54) is 6.07 Å². The van der Waals surface area contributed by atoms with Crippen LogP contribution in [0.15, 0.2) is 60.3 Å². The Hall–Kier alpha value is -4.28. The molecule has 41 heavy (non-hydrogen) atoms. The molecule has 10 nitrogen and oxygen atoms in total. The summed E-state index contributed by atoms with van der Waals surface area (Å²) >= 11 is 0. The largest absolute Gasteiger partial charge is 0.481 e. The second kappa shape index (κ2) is 10.9. The van der Waals surface area contributed by atoms with Gasteiger partial charge in [-0.1, -0.05) is 26.0 Å². The third-order valence-electron chi connectivity index (χ3n) is 7.96. The predicted molar refractivity (Wildman–Crippen MR) is 152 cm³/mol. The normalized spacial score (nSPS) is 17.9. The first kappa shape index (κ1) is 29.7. The van der Waals surface area contributed by atoms with Crippen molar-refractivity contribution in [3.05, 3.63) is 82.6 Å². The van der Waals surface area contributed by atoms with Crippen LogP contribution in [0, 0.1) is 0 Å². The molecule has 0 spiro atoms. The summed E-state index contributed by atoms with van der Waals surface area (Å²) in [5, 5.41) is 47.8. The van der Waals surface area contributed by atoms with Crippen molar-refractivity contribution in [2.45, 2.75) is 57.7 Å². The molecule has 0 aromatic heterocycles. The number of hydrogen-bond acceptors (Lipinski definition) is 6. The quantitative estimate of drug-likeness (QED) is 0.213. The van der Waals surface area contributed by atoms with Gasteiger partial charge in [0.1, 0.15) is 6.42 Å². The molecule has 2 aromatic carbocycles. The predicted octanol–water partition coefficient (Wildman–Crippen LogP) is 3.93. The zero-order chi connectivity index (χ0) is 30.3. The molecule has 10 heteroatoms. The van der Waals surface area contributed by atoms with Gasteiger partial charge in [-0.05, 0) is 49.8 Å². The van der Waals surface area contributed by atoms with Crippen LogP contribution in [0.3, 0.4) is 0 Å². The molecule has 5 N–H and O–H groups in total. The summed E-state index contributed by atoms with van der Waals surface area (Å²) in [6, 6.07) is 9.93. The third kappa shape index (κ3) is 5.53. The van der Waals surface area contributed by atoms with Crippen molar-refractivity contribution in [1.82, 2.24) is 0 Å². The van der Waals surface area contributed by atoms with Gasteiger partial charge in [0.15, 0.2) is 18.5 Å². The summed E-state index contributed by atoms with van der Waals surface area (Å²) in [7, 11) is 0. The minimum Gasteiger partial charge on any atom is -0.481 e. The van der Waals surface area contributed by atoms with E-state index in [0.29, 0.717) is 5.56 Å². The second-order valence-electron chi connectivity index (χ2n) is 11.3. The number of carboxylic acid groups (broad SMARTS) is 3. The number of fused-ring (bicyclic) bond motifs is 2. The summed E-state index contributed by atoms with van der Waals surface area (Å²) in [4.78, 5) is 36.5. The Balaban J connectivity index is 1.80. The number of aromatic carboxylic acids is 1. The number of aliphatic hydroxyl groups excluding tert-OH is 1. The highest BCUT2D eigenvalue weighted by molar-refractivity contribution is 6.04. The lowest BCUT2D eigenvalue weighted by molar-refractivity contribution is -0.436. The van der Waals surface area contributed by atoms with Crippen molar-refractivity contribution < 1.29 is 44.5 Å². The van der Waals surface area contributed by atoms with Gasteiger partial charge in [-0.2, -0.15) is 4.58 Å². The molecule has 0 saturated carbocycles. The maximum absolute atomic E-state index is 11.7. The van der Waals surface area contributed by atoms with Gasteiger partial charge in [0.25, 0.3) is 0 Å². The molecule has 4 rings (SSSR count). The summed E-state index contributed by atoms with van der Waals surface area (Å²) in [6.45, 7) is 8.29. The van der Waals surface area contributed by atoms with E-state index in [-0.39, 0.29) is 31.5 Å². The van der Waals surface area contributed by atoms with Crippen LogP contribution in [0.2, 0.25) is 0 Å². The molecule has 0 saturated heterocycles. The lowest BCUT2D eigenvalue weighted by atomic mass is 9.80. The summed E-state index contributed by atoms with van der Waals surface area (Å²) in [5.41, 5.74) is 4.01.